The summed E-state index contributed by atoms with van der Waals surface area (Å²) in [5.41, 5.74) is 1.83. The maximum atomic E-state index is 12.6. The van der Waals surface area contributed by atoms with Gasteiger partial charge in [-0.3, -0.25) is 4.79 Å². The molecule has 5 nitrogen and oxygen atoms in total. The molecule has 3 rings (SSSR count). The highest BCUT2D eigenvalue weighted by Crippen LogP contribution is 2.21. The summed E-state index contributed by atoms with van der Waals surface area (Å²) in [6.07, 6.45) is 0. The monoisotopic (exact) mass is 369 g/mol. The van der Waals surface area contributed by atoms with Crippen LogP contribution in [0.3, 0.4) is 0 Å². The Kier molecular flexibility index (Phi) is 4.95. The fourth-order valence-corrected chi connectivity index (χ4v) is 3.79. The van der Waals surface area contributed by atoms with E-state index in [2.05, 4.69) is 0 Å². The first kappa shape index (κ1) is 17.9. The summed E-state index contributed by atoms with van der Waals surface area (Å²) in [4.78, 5) is 14.3. The van der Waals surface area contributed by atoms with Gasteiger partial charge >= 0.3 is 0 Å². The molecular formula is C20H19NO4S. The maximum Gasteiger partial charge on any atom is 0.293 e. The van der Waals surface area contributed by atoms with Crippen molar-refractivity contribution in [2.24, 2.45) is 0 Å². The second-order valence-electron chi connectivity index (χ2n) is 6.04. The Morgan fingerprint density at radius 2 is 1.62 bits per heavy atom. The van der Waals surface area contributed by atoms with Crippen LogP contribution in [0.2, 0.25) is 0 Å². The van der Waals surface area contributed by atoms with E-state index in [-0.39, 0.29) is 28.1 Å². The van der Waals surface area contributed by atoms with Crippen molar-refractivity contribution in [1.29, 1.82) is 0 Å². The number of aryl methyl sites for hydroxylation is 1. The Hall–Kier alpha value is -2.86. The number of amides is 1. The Bertz CT molecular complexity index is 1010. The lowest BCUT2D eigenvalue weighted by Gasteiger charge is -2.16. The van der Waals surface area contributed by atoms with Crippen LogP contribution in [-0.4, -0.2) is 21.4 Å². The van der Waals surface area contributed by atoms with E-state index in [1.807, 2.05) is 31.2 Å². The molecule has 0 aliphatic rings. The molecule has 0 atom stereocenters. The lowest BCUT2D eigenvalue weighted by molar-refractivity contribution is 0.0965. The molecule has 0 radical (unpaired) electrons. The molecule has 3 aromatic rings. The smallest absolute Gasteiger partial charge is 0.293 e. The first-order valence-electron chi connectivity index (χ1n) is 8.08. The lowest BCUT2D eigenvalue weighted by atomic mass is 10.2. The molecule has 0 saturated carbocycles. The second kappa shape index (κ2) is 7.17. The van der Waals surface area contributed by atoms with Gasteiger partial charge in [-0.25, -0.2) is 8.42 Å². The fourth-order valence-electron chi connectivity index (χ4n) is 2.52. The van der Waals surface area contributed by atoms with Gasteiger partial charge < -0.3 is 9.32 Å². The number of anilines is 1. The molecule has 0 fully saturated rings. The molecule has 0 unspecified atom stereocenters. The first-order valence-corrected chi connectivity index (χ1v) is 9.73. The number of benzene rings is 2. The van der Waals surface area contributed by atoms with Crippen LogP contribution in [0.25, 0.3) is 0 Å². The van der Waals surface area contributed by atoms with Crippen LogP contribution in [-0.2, 0) is 15.6 Å². The van der Waals surface area contributed by atoms with Gasteiger partial charge in [0.15, 0.2) is 15.6 Å². The molecule has 134 valence electrons. The van der Waals surface area contributed by atoms with Crippen molar-refractivity contribution < 1.29 is 17.6 Å². The minimum Gasteiger partial charge on any atom is -0.455 e. The summed E-state index contributed by atoms with van der Waals surface area (Å²) in [5, 5.41) is 0. The van der Waals surface area contributed by atoms with Crippen molar-refractivity contribution in [1.82, 2.24) is 0 Å². The van der Waals surface area contributed by atoms with Gasteiger partial charge in [-0.2, -0.15) is 0 Å². The zero-order valence-electron chi connectivity index (χ0n) is 14.5. The molecule has 0 spiro atoms. The number of rotatable bonds is 5. The van der Waals surface area contributed by atoms with E-state index in [0.29, 0.717) is 0 Å². The highest BCUT2D eigenvalue weighted by Gasteiger charge is 2.21. The van der Waals surface area contributed by atoms with Crippen LogP contribution >= 0.6 is 0 Å². The standard InChI is InChI=1S/C20H19NO4S/c1-15-8-10-16(11-9-15)21(2)20(22)19-13-12-17(25-19)14-26(23,24)18-6-4-3-5-7-18/h3-13H,14H2,1-2H3. The maximum absolute atomic E-state index is 12.6. The van der Waals surface area contributed by atoms with Crippen molar-refractivity contribution in [3.05, 3.63) is 83.8 Å². The number of furan rings is 1. The number of hydrogen-bond acceptors (Lipinski definition) is 4. The van der Waals surface area contributed by atoms with E-state index >= 15 is 0 Å². The van der Waals surface area contributed by atoms with Crippen molar-refractivity contribution in [2.75, 3.05) is 11.9 Å². The number of nitrogens with zero attached hydrogens (tertiary/aromatic N) is 1. The summed E-state index contributed by atoms with van der Waals surface area (Å²) >= 11 is 0. The average Bonchev–Trinajstić information content (AvgIpc) is 3.09. The zero-order valence-corrected chi connectivity index (χ0v) is 15.4. The van der Waals surface area contributed by atoms with Gasteiger partial charge in [0.25, 0.3) is 5.91 Å². The Balaban J connectivity index is 1.77. The summed E-state index contributed by atoms with van der Waals surface area (Å²) in [6.45, 7) is 1.97. The Morgan fingerprint density at radius 1 is 0.962 bits per heavy atom. The van der Waals surface area contributed by atoms with Gasteiger partial charge in [-0.05, 0) is 43.3 Å². The summed E-state index contributed by atoms with van der Waals surface area (Å²) < 4.78 is 30.3. The van der Waals surface area contributed by atoms with Gasteiger partial charge in [-0.15, -0.1) is 0 Å². The topological polar surface area (TPSA) is 67.6 Å². The van der Waals surface area contributed by atoms with E-state index in [4.69, 9.17) is 4.42 Å². The predicted octanol–water partition coefficient (Wildman–Crippen LogP) is 3.84. The van der Waals surface area contributed by atoms with Gasteiger partial charge in [0.05, 0.1) is 4.90 Å². The molecule has 0 N–H and O–H groups in total. The summed E-state index contributed by atoms with van der Waals surface area (Å²) in [5.74, 6) is -0.295. The third-order valence-corrected chi connectivity index (χ3v) is 5.69. The first-order chi connectivity index (χ1) is 12.4. The van der Waals surface area contributed by atoms with Crippen LogP contribution in [0.15, 0.2) is 76.0 Å². The summed E-state index contributed by atoms with van der Waals surface area (Å²) in [6, 6.07) is 18.7. The normalized spacial score (nSPS) is 11.3. The summed E-state index contributed by atoms with van der Waals surface area (Å²) in [7, 11) is -1.87. The van der Waals surface area contributed by atoms with E-state index in [9.17, 15) is 13.2 Å². The van der Waals surface area contributed by atoms with Gasteiger partial charge in [0, 0.05) is 12.7 Å². The van der Waals surface area contributed by atoms with Crippen molar-refractivity contribution in [3.8, 4) is 0 Å². The molecule has 1 heterocycles. The minimum absolute atomic E-state index is 0.103. The van der Waals surface area contributed by atoms with E-state index in [1.165, 1.54) is 29.2 Å². The number of sulfone groups is 1. The zero-order chi connectivity index (χ0) is 18.7. The molecule has 1 amide bonds. The van der Waals surface area contributed by atoms with Crippen LogP contribution < -0.4 is 4.90 Å². The number of carbonyl (C=O) groups excluding carboxylic acids is 1. The third-order valence-electron chi connectivity index (χ3n) is 4.03. The molecule has 26 heavy (non-hydrogen) atoms. The van der Waals surface area contributed by atoms with Crippen molar-refractivity contribution >= 4 is 21.4 Å². The van der Waals surface area contributed by atoms with E-state index in [1.54, 1.807) is 25.2 Å². The largest absolute Gasteiger partial charge is 0.455 e. The molecule has 1 aromatic heterocycles. The van der Waals surface area contributed by atoms with Crippen molar-refractivity contribution in [3.63, 3.8) is 0 Å². The highest BCUT2D eigenvalue weighted by molar-refractivity contribution is 7.90. The molecule has 0 bridgehead atoms. The van der Waals surface area contributed by atoms with Gasteiger partial charge in [0.2, 0.25) is 0 Å². The molecule has 0 aliphatic heterocycles. The molecule has 0 aliphatic carbocycles. The van der Waals surface area contributed by atoms with Gasteiger partial charge in [-0.1, -0.05) is 35.9 Å². The van der Waals surface area contributed by atoms with Crippen LogP contribution in [0.1, 0.15) is 21.9 Å². The SMILES string of the molecule is Cc1ccc(N(C)C(=O)c2ccc(CS(=O)(=O)c3ccccc3)o2)cc1. The lowest BCUT2D eigenvalue weighted by Crippen LogP contribution is -2.25. The van der Waals surface area contributed by atoms with Crippen LogP contribution in [0, 0.1) is 6.92 Å². The average molecular weight is 369 g/mol. The Labute approximate surface area is 152 Å². The van der Waals surface area contributed by atoms with Crippen LogP contribution in [0.5, 0.6) is 0 Å². The van der Waals surface area contributed by atoms with Crippen molar-refractivity contribution in [2.45, 2.75) is 17.6 Å². The second-order valence-corrected chi connectivity index (χ2v) is 8.03. The molecule has 6 heteroatoms. The van der Waals surface area contributed by atoms with Gasteiger partial charge in [0.1, 0.15) is 11.5 Å². The molecule has 2 aromatic carbocycles. The van der Waals surface area contributed by atoms with E-state index < -0.39 is 9.84 Å². The quantitative estimate of drug-likeness (QED) is 0.685. The van der Waals surface area contributed by atoms with Crippen LogP contribution in [0.4, 0.5) is 5.69 Å². The van der Waals surface area contributed by atoms with E-state index in [0.717, 1.165) is 11.3 Å². The fraction of sp³-hybridized carbons (Fsp3) is 0.150. The highest BCUT2D eigenvalue weighted by atomic mass is 32.2. The predicted molar refractivity (Wildman–Crippen MR) is 100.0 cm³/mol. The third kappa shape index (κ3) is 3.86. The Morgan fingerprint density at radius 3 is 2.27 bits per heavy atom. The number of carbonyl (C=O) groups is 1. The molecule has 0 saturated heterocycles. The number of hydrogen-bond donors (Lipinski definition) is 0. The minimum atomic E-state index is -3.52. The molecular weight excluding hydrogens is 350 g/mol.